The van der Waals surface area contributed by atoms with Gasteiger partial charge in [-0.3, -0.25) is 4.79 Å². The van der Waals surface area contributed by atoms with Crippen molar-refractivity contribution >= 4 is 32.6 Å². The minimum atomic E-state index is -4.38. The summed E-state index contributed by atoms with van der Waals surface area (Å²) in [7, 11) is 0. The molecule has 3 aromatic rings. The van der Waals surface area contributed by atoms with Crippen LogP contribution in [0, 0.1) is 6.92 Å². The van der Waals surface area contributed by atoms with Crippen LogP contribution in [-0.4, -0.2) is 10.9 Å². The Bertz CT molecular complexity index is 885. The summed E-state index contributed by atoms with van der Waals surface area (Å²) in [4.78, 5) is 16.4. The number of carbonyl (C=O) groups excluding carboxylic acids is 1. The van der Waals surface area contributed by atoms with Gasteiger partial charge in [0.1, 0.15) is 0 Å². The highest BCUT2D eigenvalue weighted by Gasteiger charge is 2.29. The van der Waals surface area contributed by atoms with Crippen molar-refractivity contribution in [3.63, 3.8) is 0 Å². The number of aryl methyl sites for hydroxylation is 1. The predicted molar refractivity (Wildman–Crippen MR) is 88.1 cm³/mol. The molecule has 0 bridgehead atoms. The molecule has 24 heavy (non-hydrogen) atoms. The molecule has 0 aliphatic heterocycles. The number of para-hydroxylation sites is 1. The fourth-order valence-corrected chi connectivity index (χ4v) is 3.26. The van der Waals surface area contributed by atoms with Crippen molar-refractivity contribution in [3.8, 4) is 0 Å². The Morgan fingerprint density at radius 2 is 1.88 bits per heavy atom. The number of benzene rings is 2. The Morgan fingerprint density at radius 1 is 1.17 bits per heavy atom. The number of rotatable bonds is 3. The van der Waals surface area contributed by atoms with Gasteiger partial charge in [0.15, 0.2) is 5.13 Å². The molecule has 0 atom stereocenters. The molecule has 0 aliphatic carbocycles. The van der Waals surface area contributed by atoms with Crippen LogP contribution >= 0.6 is 11.3 Å². The van der Waals surface area contributed by atoms with E-state index < -0.39 is 11.7 Å². The number of amides is 1. The molecule has 1 amide bonds. The third-order valence-electron chi connectivity index (χ3n) is 3.51. The summed E-state index contributed by atoms with van der Waals surface area (Å²) in [6.45, 7) is 1.94. The lowest BCUT2D eigenvalue weighted by molar-refractivity contribution is -0.137. The molecule has 2 aromatic carbocycles. The zero-order chi connectivity index (χ0) is 17.3. The number of nitrogens with zero attached hydrogens (tertiary/aromatic N) is 1. The number of aromatic nitrogens is 1. The Hall–Kier alpha value is -2.41. The van der Waals surface area contributed by atoms with E-state index in [2.05, 4.69) is 10.3 Å². The second-order valence-electron chi connectivity index (χ2n) is 5.36. The van der Waals surface area contributed by atoms with Gasteiger partial charge in [-0.2, -0.15) is 13.2 Å². The molecule has 1 N–H and O–H groups in total. The zero-order valence-electron chi connectivity index (χ0n) is 12.6. The van der Waals surface area contributed by atoms with Crippen molar-refractivity contribution in [2.75, 3.05) is 5.32 Å². The first-order valence-electron chi connectivity index (χ1n) is 7.15. The van der Waals surface area contributed by atoms with Gasteiger partial charge in [0.2, 0.25) is 5.91 Å². The van der Waals surface area contributed by atoms with E-state index in [1.165, 1.54) is 23.5 Å². The van der Waals surface area contributed by atoms with E-state index in [1.807, 2.05) is 25.1 Å². The third-order valence-corrected chi connectivity index (χ3v) is 4.45. The highest BCUT2D eigenvalue weighted by Crippen LogP contribution is 2.30. The van der Waals surface area contributed by atoms with Gasteiger partial charge in [-0.25, -0.2) is 4.98 Å². The molecule has 0 aliphatic rings. The number of alkyl halides is 3. The molecular weight excluding hydrogens is 337 g/mol. The van der Waals surface area contributed by atoms with E-state index in [-0.39, 0.29) is 12.3 Å². The number of halogens is 3. The fraction of sp³-hybridized carbons (Fsp3) is 0.176. The van der Waals surface area contributed by atoms with Gasteiger partial charge < -0.3 is 5.32 Å². The number of hydrogen-bond donors (Lipinski definition) is 1. The van der Waals surface area contributed by atoms with Crippen molar-refractivity contribution in [1.82, 2.24) is 4.98 Å². The smallest absolute Gasteiger partial charge is 0.302 e. The van der Waals surface area contributed by atoms with Crippen molar-refractivity contribution in [3.05, 3.63) is 59.2 Å². The summed E-state index contributed by atoms with van der Waals surface area (Å²) in [5, 5.41) is 3.18. The highest BCUT2D eigenvalue weighted by atomic mass is 32.1. The lowest BCUT2D eigenvalue weighted by atomic mass is 10.1. The van der Waals surface area contributed by atoms with Gasteiger partial charge in [0, 0.05) is 0 Å². The van der Waals surface area contributed by atoms with Crippen molar-refractivity contribution < 1.29 is 18.0 Å². The second-order valence-corrected chi connectivity index (χ2v) is 6.39. The maximum atomic E-state index is 12.5. The third kappa shape index (κ3) is 3.56. The number of anilines is 1. The van der Waals surface area contributed by atoms with Gasteiger partial charge in [0.05, 0.1) is 22.2 Å². The molecule has 0 radical (unpaired) electrons. The van der Waals surface area contributed by atoms with Crippen LogP contribution in [0.4, 0.5) is 18.3 Å². The second kappa shape index (κ2) is 6.24. The Balaban J connectivity index is 1.69. The monoisotopic (exact) mass is 350 g/mol. The minimum absolute atomic E-state index is 0.00690. The van der Waals surface area contributed by atoms with Crippen molar-refractivity contribution in [1.29, 1.82) is 0 Å². The Labute approximate surface area is 140 Å². The van der Waals surface area contributed by atoms with Crippen LogP contribution in [0.3, 0.4) is 0 Å². The molecule has 124 valence electrons. The maximum absolute atomic E-state index is 12.5. The Morgan fingerprint density at radius 3 is 2.50 bits per heavy atom. The average molecular weight is 350 g/mol. The normalized spacial score (nSPS) is 11.7. The number of fused-ring (bicyclic) bond motifs is 1. The van der Waals surface area contributed by atoms with Crippen LogP contribution in [0.25, 0.3) is 10.2 Å². The number of thiazole rings is 1. The van der Waals surface area contributed by atoms with Gasteiger partial charge >= 0.3 is 6.18 Å². The van der Waals surface area contributed by atoms with Gasteiger partial charge in [-0.05, 0) is 36.2 Å². The van der Waals surface area contributed by atoms with E-state index in [4.69, 9.17) is 0 Å². The number of carbonyl (C=O) groups is 1. The van der Waals surface area contributed by atoms with Crippen molar-refractivity contribution in [2.24, 2.45) is 0 Å². The van der Waals surface area contributed by atoms with E-state index in [9.17, 15) is 18.0 Å². The molecule has 7 heteroatoms. The first-order chi connectivity index (χ1) is 11.3. The average Bonchev–Trinajstić information content (AvgIpc) is 2.90. The van der Waals surface area contributed by atoms with Crippen LogP contribution in [0.15, 0.2) is 42.5 Å². The maximum Gasteiger partial charge on any atom is 0.416 e. The quantitative estimate of drug-likeness (QED) is 0.737. The van der Waals surface area contributed by atoms with E-state index in [1.54, 1.807) is 0 Å². The zero-order valence-corrected chi connectivity index (χ0v) is 13.5. The summed E-state index contributed by atoms with van der Waals surface area (Å²) in [6.07, 6.45) is -4.38. The molecular formula is C17H13F3N2OS. The van der Waals surface area contributed by atoms with Crippen molar-refractivity contribution in [2.45, 2.75) is 19.5 Å². The predicted octanol–water partition coefficient (Wildman–Crippen LogP) is 4.80. The summed E-state index contributed by atoms with van der Waals surface area (Å²) in [6, 6.07) is 10.4. The first-order valence-corrected chi connectivity index (χ1v) is 7.97. The summed E-state index contributed by atoms with van der Waals surface area (Å²) >= 11 is 1.36. The van der Waals surface area contributed by atoms with Gasteiger partial charge in [-0.1, -0.05) is 35.6 Å². The highest BCUT2D eigenvalue weighted by molar-refractivity contribution is 7.22. The van der Waals surface area contributed by atoms with Crippen LogP contribution in [0.5, 0.6) is 0 Å². The molecule has 0 unspecified atom stereocenters. The van der Waals surface area contributed by atoms with Gasteiger partial charge in [0.25, 0.3) is 0 Å². The van der Waals surface area contributed by atoms with Crippen LogP contribution in [0.1, 0.15) is 16.7 Å². The molecule has 0 saturated carbocycles. The summed E-state index contributed by atoms with van der Waals surface area (Å²) < 4.78 is 38.5. The topological polar surface area (TPSA) is 42.0 Å². The largest absolute Gasteiger partial charge is 0.416 e. The minimum Gasteiger partial charge on any atom is -0.302 e. The standard InChI is InChI=1S/C17H13F3N2OS/c1-10-3-2-4-13-15(10)22-16(24-13)21-14(23)9-11-5-7-12(8-6-11)17(18,19)20/h2-8H,9H2,1H3,(H,21,22,23). The van der Waals surface area contributed by atoms with Crippen LogP contribution in [-0.2, 0) is 17.4 Å². The van der Waals surface area contributed by atoms with Crippen LogP contribution in [0.2, 0.25) is 0 Å². The lowest BCUT2D eigenvalue weighted by Gasteiger charge is -2.07. The molecule has 0 saturated heterocycles. The summed E-state index contributed by atoms with van der Waals surface area (Å²) in [5.74, 6) is -0.313. The first kappa shape index (κ1) is 16.4. The van der Waals surface area contributed by atoms with E-state index in [0.29, 0.717) is 10.7 Å². The number of nitrogens with one attached hydrogen (secondary N) is 1. The molecule has 1 aromatic heterocycles. The van der Waals surface area contributed by atoms with Gasteiger partial charge in [-0.15, -0.1) is 0 Å². The summed E-state index contributed by atoms with van der Waals surface area (Å²) in [5.41, 5.74) is 1.64. The van der Waals surface area contributed by atoms with Crippen LogP contribution < -0.4 is 5.32 Å². The Kier molecular flexibility index (Phi) is 4.28. The molecule has 1 heterocycles. The van der Waals surface area contributed by atoms with E-state index >= 15 is 0 Å². The molecule has 3 nitrogen and oxygen atoms in total. The lowest BCUT2D eigenvalue weighted by Crippen LogP contribution is -2.14. The SMILES string of the molecule is Cc1cccc2sc(NC(=O)Cc3ccc(C(F)(F)F)cc3)nc12. The van der Waals surface area contributed by atoms with E-state index in [0.717, 1.165) is 27.9 Å². The molecule has 0 spiro atoms. The molecule has 0 fully saturated rings. The number of hydrogen-bond acceptors (Lipinski definition) is 3. The fourth-order valence-electron chi connectivity index (χ4n) is 2.30. The molecule has 3 rings (SSSR count).